The second-order valence-corrected chi connectivity index (χ2v) is 5.41. The minimum Gasteiger partial charge on any atom is -0.467 e. The van der Waals surface area contributed by atoms with Gasteiger partial charge in [0, 0.05) is 0 Å². The molecule has 1 aliphatic carbocycles. The predicted molar refractivity (Wildman–Crippen MR) is 74.0 cm³/mol. The van der Waals surface area contributed by atoms with Crippen molar-refractivity contribution in [3.8, 4) is 11.5 Å². The van der Waals surface area contributed by atoms with Gasteiger partial charge in [0.2, 0.25) is 12.7 Å². The maximum atomic E-state index is 12.5. The summed E-state index contributed by atoms with van der Waals surface area (Å²) >= 11 is 0. The first kappa shape index (κ1) is 12.3. The number of furan rings is 1. The second kappa shape index (κ2) is 4.55. The minimum absolute atomic E-state index is 0.0396. The summed E-state index contributed by atoms with van der Waals surface area (Å²) in [5, 5.41) is 2.95. The Labute approximate surface area is 121 Å². The molecule has 2 heterocycles. The van der Waals surface area contributed by atoms with Gasteiger partial charge in [0.15, 0.2) is 11.5 Å². The van der Waals surface area contributed by atoms with E-state index in [2.05, 4.69) is 5.32 Å². The molecule has 2 aromatic rings. The van der Waals surface area contributed by atoms with Crippen molar-refractivity contribution in [1.29, 1.82) is 0 Å². The monoisotopic (exact) mass is 285 g/mol. The third kappa shape index (κ3) is 2.05. The average Bonchev–Trinajstić information content (AvgIpc) is 2.95. The molecular formula is C16H15NO4. The van der Waals surface area contributed by atoms with Crippen LogP contribution in [0.3, 0.4) is 0 Å². The molecule has 0 bridgehead atoms. The summed E-state index contributed by atoms with van der Waals surface area (Å²) in [4.78, 5) is 12.5. The summed E-state index contributed by atoms with van der Waals surface area (Å²) in [5.41, 5.74) is 0.566. The first-order valence-corrected chi connectivity index (χ1v) is 6.99. The van der Waals surface area contributed by atoms with Crippen molar-refractivity contribution in [3.05, 3.63) is 47.9 Å². The van der Waals surface area contributed by atoms with Crippen LogP contribution in [0.15, 0.2) is 41.0 Å². The van der Waals surface area contributed by atoms with Gasteiger partial charge in [-0.1, -0.05) is 6.07 Å². The fourth-order valence-electron chi connectivity index (χ4n) is 2.72. The number of rotatable bonds is 4. The van der Waals surface area contributed by atoms with E-state index in [9.17, 15) is 4.79 Å². The molecule has 5 heteroatoms. The Morgan fingerprint density at radius 3 is 2.81 bits per heavy atom. The molecule has 5 nitrogen and oxygen atoms in total. The second-order valence-electron chi connectivity index (χ2n) is 5.41. The maximum absolute atomic E-state index is 12.5. The van der Waals surface area contributed by atoms with Gasteiger partial charge in [-0.05, 0) is 42.7 Å². The largest absolute Gasteiger partial charge is 0.467 e. The zero-order valence-electron chi connectivity index (χ0n) is 11.4. The molecule has 0 radical (unpaired) electrons. The highest BCUT2D eigenvalue weighted by Crippen LogP contribution is 2.50. The summed E-state index contributed by atoms with van der Waals surface area (Å²) in [5.74, 6) is 2.26. The normalized spacial score (nSPS) is 17.5. The zero-order valence-corrected chi connectivity index (χ0v) is 11.4. The van der Waals surface area contributed by atoms with E-state index >= 15 is 0 Å². The van der Waals surface area contributed by atoms with Gasteiger partial charge in [-0.15, -0.1) is 0 Å². The van der Waals surface area contributed by atoms with Crippen LogP contribution >= 0.6 is 0 Å². The minimum atomic E-state index is -0.423. The molecule has 1 fully saturated rings. The van der Waals surface area contributed by atoms with Gasteiger partial charge in [0.25, 0.3) is 0 Å². The summed E-state index contributed by atoms with van der Waals surface area (Å²) in [6.07, 6.45) is 3.32. The maximum Gasteiger partial charge on any atom is 0.231 e. The molecule has 1 aromatic heterocycles. The van der Waals surface area contributed by atoms with E-state index in [1.54, 1.807) is 6.26 Å². The van der Waals surface area contributed by atoms with Crippen molar-refractivity contribution < 1.29 is 18.7 Å². The van der Waals surface area contributed by atoms with Gasteiger partial charge < -0.3 is 19.2 Å². The Bertz CT molecular complexity index is 674. The molecule has 1 aliphatic heterocycles. The number of hydrogen-bond donors (Lipinski definition) is 1. The third-order valence-electron chi connectivity index (χ3n) is 4.11. The lowest BCUT2D eigenvalue weighted by molar-refractivity contribution is -0.123. The first-order valence-electron chi connectivity index (χ1n) is 6.99. The molecule has 0 atom stereocenters. The summed E-state index contributed by atoms with van der Waals surface area (Å²) in [6.45, 7) is 0.661. The van der Waals surface area contributed by atoms with Crippen LogP contribution in [0.2, 0.25) is 0 Å². The highest BCUT2D eigenvalue weighted by molar-refractivity contribution is 5.91. The average molecular weight is 285 g/mol. The molecule has 0 unspecified atom stereocenters. The molecule has 1 N–H and O–H groups in total. The summed E-state index contributed by atoms with van der Waals surface area (Å²) in [7, 11) is 0. The predicted octanol–water partition coefficient (Wildman–Crippen LogP) is 2.36. The molecule has 108 valence electrons. The van der Waals surface area contributed by atoms with E-state index in [4.69, 9.17) is 13.9 Å². The first-order chi connectivity index (χ1) is 10.3. The zero-order chi connectivity index (χ0) is 14.3. The lowest BCUT2D eigenvalue weighted by atomic mass is 9.94. The highest BCUT2D eigenvalue weighted by Gasteiger charge is 2.51. The Kier molecular flexibility index (Phi) is 2.67. The van der Waals surface area contributed by atoms with Gasteiger partial charge in [-0.2, -0.15) is 0 Å². The molecule has 0 saturated heterocycles. The number of carbonyl (C=O) groups excluding carboxylic acids is 1. The number of nitrogens with one attached hydrogen (secondary N) is 1. The van der Waals surface area contributed by atoms with Crippen molar-refractivity contribution in [2.24, 2.45) is 0 Å². The molecule has 4 rings (SSSR count). The molecular weight excluding hydrogens is 270 g/mol. The third-order valence-corrected chi connectivity index (χ3v) is 4.11. The van der Waals surface area contributed by atoms with E-state index in [-0.39, 0.29) is 12.7 Å². The van der Waals surface area contributed by atoms with Crippen LogP contribution in [0.5, 0.6) is 11.5 Å². The van der Waals surface area contributed by atoms with Crippen LogP contribution < -0.4 is 14.8 Å². The number of fused-ring (bicyclic) bond motifs is 1. The number of hydrogen-bond acceptors (Lipinski definition) is 4. The van der Waals surface area contributed by atoms with E-state index < -0.39 is 5.41 Å². The Hall–Kier alpha value is -2.43. The summed E-state index contributed by atoms with van der Waals surface area (Å²) in [6, 6.07) is 9.40. The number of ether oxygens (including phenoxy) is 2. The highest BCUT2D eigenvalue weighted by atomic mass is 16.7. The molecule has 0 spiro atoms. The Morgan fingerprint density at radius 2 is 2.05 bits per heavy atom. The fraction of sp³-hybridized carbons (Fsp3) is 0.312. The van der Waals surface area contributed by atoms with Crippen molar-refractivity contribution in [2.75, 3.05) is 6.79 Å². The topological polar surface area (TPSA) is 60.7 Å². The number of amides is 1. The van der Waals surface area contributed by atoms with E-state index in [1.165, 1.54) is 0 Å². The number of carbonyl (C=O) groups is 1. The quantitative estimate of drug-likeness (QED) is 0.936. The van der Waals surface area contributed by atoms with Crippen molar-refractivity contribution in [1.82, 2.24) is 5.32 Å². The van der Waals surface area contributed by atoms with Crippen molar-refractivity contribution in [3.63, 3.8) is 0 Å². The van der Waals surface area contributed by atoms with Gasteiger partial charge in [-0.25, -0.2) is 0 Å². The lowest BCUT2D eigenvalue weighted by Crippen LogP contribution is -2.34. The van der Waals surface area contributed by atoms with Crippen LogP contribution in [0.25, 0.3) is 0 Å². The Morgan fingerprint density at radius 1 is 1.19 bits per heavy atom. The van der Waals surface area contributed by atoms with Crippen molar-refractivity contribution in [2.45, 2.75) is 24.8 Å². The van der Waals surface area contributed by atoms with Crippen molar-refractivity contribution >= 4 is 5.91 Å². The number of benzene rings is 1. The molecule has 2 aliphatic rings. The molecule has 21 heavy (non-hydrogen) atoms. The van der Waals surface area contributed by atoms with Gasteiger partial charge in [-0.3, -0.25) is 4.79 Å². The van der Waals surface area contributed by atoms with Crippen LogP contribution in [0, 0.1) is 0 Å². The SMILES string of the molecule is O=C(NCc1ccco1)C1(c2ccc3c(c2)OCO3)CC1. The lowest BCUT2D eigenvalue weighted by Gasteiger charge is -2.15. The standard InChI is InChI=1S/C16H15NO4/c18-15(17-9-12-2-1-7-19-12)16(5-6-16)11-3-4-13-14(8-11)21-10-20-13/h1-4,7-8H,5-6,9-10H2,(H,17,18). The van der Waals surface area contributed by atoms with Crippen LogP contribution in [0.1, 0.15) is 24.2 Å². The summed E-state index contributed by atoms with van der Waals surface area (Å²) < 4.78 is 15.9. The smallest absolute Gasteiger partial charge is 0.231 e. The molecule has 1 amide bonds. The van der Waals surface area contributed by atoms with E-state index in [1.807, 2.05) is 30.3 Å². The Balaban J connectivity index is 1.52. The molecule has 1 aromatic carbocycles. The fourth-order valence-corrected chi connectivity index (χ4v) is 2.72. The van der Waals surface area contributed by atoms with E-state index in [0.29, 0.717) is 6.54 Å². The van der Waals surface area contributed by atoms with Crippen LogP contribution in [0.4, 0.5) is 0 Å². The van der Waals surface area contributed by atoms with Crippen LogP contribution in [-0.4, -0.2) is 12.7 Å². The van der Waals surface area contributed by atoms with Gasteiger partial charge >= 0.3 is 0 Å². The van der Waals surface area contributed by atoms with Gasteiger partial charge in [0.1, 0.15) is 5.76 Å². The van der Waals surface area contributed by atoms with Crippen LogP contribution in [-0.2, 0) is 16.8 Å². The van der Waals surface area contributed by atoms with E-state index in [0.717, 1.165) is 35.7 Å². The van der Waals surface area contributed by atoms with Gasteiger partial charge in [0.05, 0.1) is 18.2 Å². The molecule has 1 saturated carbocycles.